The van der Waals surface area contributed by atoms with E-state index in [9.17, 15) is 0 Å². The molecule has 1 aromatic heterocycles. The summed E-state index contributed by atoms with van der Waals surface area (Å²) in [6.45, 7) is 2.69. The first-order chi connectivity index (χ1) is 9.19. The van der Waals surface area contributed by atoms with Gasteiger partial charge in [0.1, 0.15) is 17.3 Å². The van der Waals surface area contributed by atoms with Crippen LogP contribution >= 0.6 is 0 Å². The van der Waals surface area contributed by atoms with Gasteiger partial charge in [0.15, 0.2) is 0 Å². The molecule has 0 atom stereocenters. The molecule has 5 nitrogen and oxygen atoms in total. The van der Waals surface area contributed by atoms with E-state index in [1.165, 1.54) is 0 Å². The van der Waals surface area contributed by atoms with Crippen LogP contribution < -0.4 is 14.8 Å². The van der Waals surface area contributed by atoms with E-state index in [1.807, 2.05) is 26.1 Å². The molecule has 0 spiro atoms. The molecular weight excluding hydrogens is 242 g/mol. The van der Waals surface area contributed by atoms with E-state index in [0.29, 0.717) is 6.54 Å². The molecule has 102 valence electrons. The minimum atomic E-state index is 0.700. The summed E-state index contributed by atoms with van der Waals surface area (Å²) >= 11 is 0. The van der Waals surface area contributed by atoms with Crippen LogP contribution in [0.5, 0.6) is 11.5 Å². The van der Waals surface area contributed by atoms with E-state index in [1.54, 1.807) is 20.4 Å². The maximum absolute atomic E-state index is 5.43. The standard InChI is InChI=1S/C14H19N3O2/c1-9-5-13(19-4)10(6-12(9)18-3)11-7-16-14(17-11)8-15-2/h5-7,15H,8H2,1-4H3,(H,16,17). The summed E-state index contributed by atoms with van der Waals surface area (Å²) in [5.41, 5.74) is 2.90. The largest absolute Gasteiger partial charge is 0.496 e. The van der Waals surface area contributed by atoms with Gasteiger partial charge in [0.2, 0.25) is 0 Å². The molecule has 2 rings (SSSR count). The average molecular weight is 261 g/mol. The molecule has 0 aliphatic heterocycles. The number of nitrogens with zero attached hydrogens (tertiary/aromatic N) is 1. The summed E-state index contributed by atoms with van der Waals surface area (Å²) in [5.74, 6) is 2.53. The van der Waals surface area contributed by atoms with Gasteiger partial charge in [-0.3, -0.25) is 0 Å². The smallest absolute Gasteiger partial charge is 0.128 e. The monoisotopic (exact) mass is 261 g/mol. The summed E-state index contributed by atoms with van der Waals surface area (Å²) in [5, 5.41) is 3.06. The molecule has 0 saturated carbocycles. The minimum Gasteiger partial charge on any atom is -0.496 e. The van der Waals surface area contributed by atoms with Crippen LogP contribution in [0.3, 0.4) is 0 Å². The topological polar surface area (TPSA) is 59.2 Å². The fourth-order valence-electron chi connectivity index (χ4n) is 2.02. The number of hydrogen-bond donors (Lipinski definition) is 2. The second kappa shape index (κ2) is 5.75. The number of aryl methyl sites for hydroxylation is 1. The number of rotatable bonds is 5. The Morgan fingerprint density at radius 1 is 1.21 bits per heavy atom. The lowest BCUT2D eigenvalue weighted by atomic mass is 10.1. The van der Waals surface area contributed by atoms with Crippen molar-refractivity contribution < 1.29 is 9.47 Å². The van der Waals surface area contributed by atoms with Crippen molar-refractivity contribution in [1.29, 1.82) is 0 Å². The van der Waals surface area contributed by atoms with Crippen LogP contribution in [0.2, 0.25) is 0 Å². The van der Waals surface area contributed by atoms with Crippen LogP contribution in [-0.4, -0.2) is 31.2 Å². The van der Waals surface area contributed by atoms with Gasteiger partial charge < -0.3 is 19.8 Å². The van der Waals surface area contributed by atoms with Gasteiger partial charge in [-0.1, -0.05) is 0 Å². The van der Waals surface area contributed by atoms with Crippen LogP contribution in [0.25, 0.3) is 11.3 Å². The van der Waals surface area contributed by atoms with Crippen molar-refractivity contribution >= 4 is 0 Å². The highest BCUT2D eigenvalue weighted by atomic mass is 16.5. The molecule has 0 unspecified atom stereocenters. The third-order valence-electron chi connectivity index (χ3n) is 2.98. The van der Waals surface area contributed by atoms with Crippen molar-refractivity contribution in [2.24, 2.45) is 0 Å². The SMILES string of the molecule is CNCc1ncc(-c2cc(OC)c(C)cc2OC)[nH]1. The number of H-pyrrole nitrogens is 1. The molecule has 2 aromatic rings. The molecule has 1 heterocycles. The summed E-state index contributed by atoms with van der Waals surface area (Å²) in [6.07, 6.45) is 1.80. The third-order valence-corrected chi connectivity index (χ3v) is 2.98. The Bertz CT molecular complexity index is 564. The zero-order valence-corrected chi connectivity index (χ0v) is 11.7. The molecule has 0 bridgehead atoms. The fourth-order valence-corrected chi connectivity index (χ4v) is 2.02. The number of methoxy groups -OCH3 is 2. The normalized spacial score (nSPS) is 10.5. The molecule has 0 amide bonds. The number of nitrogens with one attached hydrogen (secondary N) is 2. The Morgan fingerprint density at radius 2 is 1.95 bits per heavy atom. The van der Waals surface area contributed by atoms with Gasteiger partial charge in [-0.25, -0.2) is 4.98 Å². The van der Waals surface area contributed by atoms with Crippen LogP contribution in [-0.2, 0) is 6.54 Å². The highest BCUT2D eigenvalue weighted by Crippen LogP contribution is 2.34. The van der Waals surface area contributed by atoms with Crippen molar-refractivity contribution in [3.8, 4) is 22.8 Å². The maximum atomic E-state index is 5.43. The van der Waals surface area contributed by atoms with Gasteiger partial charge in [0, 0.05) is 5.56 Å². The first-order valence-corrected chi connectivity index (χ1v) is 6.11. The molecule has 0 aliphatic rings. The second-order valence-corrected chi connectivity index (χ2v) is 4.30. The molecule has 19 heavy (non-hydrogen) atoms. The summed E-state index contributed by atoms with van der Waals surface area (Å²) in [6, 6.07) is 3.93. The predicted octanol–water partition coefficient (Wildman–Crippen LogP) is 2.12. The summed E-state index contributed by atoms with van der Waals surface area (Å²) < 4.78 is 10.8. The van der Waals surface area contributed by atoms with E-state index in [-0.39, 0.29) is 0 Å². The van der Waals surface area contributed by atoms with Crippen LogP contribution in [0, 0.1) is 6.92 Å². The van der Waals surface area contributed by atoms with Gasteiger partial charge in [0.05, 0.1) is 32.7 Å². The molecule has 0 saturated heterocycles. The Kier molecular flexibility index (Phi) is 4.06. The molecule has 2 N–H and O–H groups in total. The van der Waals surface area contributed by atoms with Gasteiger partial charge in [0.25, 0.3) is 0 Å². The molecular formula is C14H19N3O2. The van der Waals surface area contributed by atoms with Gasteiger partial charge in [-0.15, -0.1) is 0 Å². The van der Waals surface area contributed by atoms with Crippen LogP contribution in [0.1, 0.15) is 11.4 Å². The van der Waals surface area contributed by atoms with Gasteiger partial charge >= 0.3 is 0 Å². The molecule has 1 aromatic carbocycles. The Labute approximate surface area is 113 Å². The quantitative estimate of drug-likeness (QED) is 0.865. The lowest BCUT2D eigenvalue weighted by molar-refractivity contribution is 0.401. The number of ether oxygens (including phenoxy) is 2. The summed E-state index contributed by atoms with van der Waals surface area (Å²) in [7, 11) is 5.21. The lowest BCUT2D eigenvalue weighted by Gasteiger charge is -2.11. The minimum absolute atomic E-state index is 0.700. The molecule has 5 heteroatoms. The van der Waals surface area contributed by atoms with Gasteiger partial charge in [-0.05, 0) is 31.7 Å². The first kappa shape index (κ1) is 13.4. The summed E-state index contributed by atoms with van der Waals surface area (Å²) in [4.78, 5) is 7.59. The molecule has 0 fully saturated rings. The highest BCUT2D eigenvalue weighted by molar-refractivity contribution is 5.70. The zero-order valence-electron chi connectivity index (χ0n) is 11.7. The number of aromatic nitrogens is 2. The second-order valence-electron chi connectivity index (χ2n) is 4.30. The van der Waals surface area contributed by atoms with Crippen LogP contribution in [0.15, 0.2) is 18.3 Å². The lowest BCUT2D eigenvalue weighted by Crippen LogP contribution is -2.06. The van der Waals surface area contributed by atoms with E-state index in [2.05, 4.69) is 15.3 Å². The fraction of sp³-hybridized carbons (Fsp3) is 0.357. The van der Waals surface area contributed by atoms with E-state index >= 15 is 0 Å². The highest BCUT2D eigenvalue weighted by Gasteiger charge is 2.12. The van der Waals surface area contributed by atoms with E-state index < -0.39 is 0 Å². The Balaban J connectivity index is 2.46. The van der Waals surface area contributed by atoms with E-state index in [0.717, 1.165) is 34.1 Å². The van der Waals surface area contributed by atoms with Crippen molar-refractivity contribution in [3.05, 3.63) is 29.7 Å². The number of benzene rings is 1. The van der Waals surface area contributed by atoms with Crippen molar-refractivity contribution in [1.82, 2.24) is 15.3 Å². The number of aromatic amines is 1. The third kappa shape index (κ3) is 2.71. The average Bonchev–Trinajstić information content (AvgIpc) is 2.87. The number of hydrogen-bond acceptors (Lipinski definition) is 4. The Morgan fingerprint density at radius 3 is 2.58 bits per heavy atom. The zero-order chi connectivity index (χ0) is 13.8. The van der Waals surface area contributed by atoms with Gasteiger partial charge in [-0.2, -0.15) is 0 Å². The molecule has 0 radical (unpaired) electrons. The maximum Gasteiger partial charge on any atom is 0.128 e. The van der Waals surface area contributed by atoms with Crippen molar-refractivity contribution in [3.63, 3.8) is 0 Å². The van der Waals surface area contributed by atoms with E-state index in [4.69, 9.17) is 9.47 Å². The van der Waals surface area contributed by atoms with Crippen molar-refractivity contribution in [2.75, 3.05) is 21.3 Å². The van der Waals surface area contributed by atoms with Crippen molar-refractivity contribution in [2.45, 2.75) is 13.5 Å². The molecule has 0 aliphatic carbocycles. The first-order valence-electron chi connectivity index (χ1n) is 6.11. The number of imidazole rings is 1. The Hall–Kier alpha value is -2.01. The predicted molar refractivity (Wildman–Crippen MR) is 74.6 cm³/mol. The van der Waals surface area contributed by atoms with Crippen LogP contribution in [0.4, 0.5) is 0 Å².